The fraction of sp³-hybridized carbons (Fsp3) is 0.533. The highest BCUT2D eigenvalue weighted by molar-refractivity contribution is 9.10. The van der Waals surface area contributed by atoms with Crippen molar-refractivity contribution in [3.63, 3.8) is 0 Å². The van der Waals surface area contributed by atoms with Gasteiger partial charge in [-0.2, -0.15) is 0 Å². The van der Waals surface area contributed by atoms with Crippen LogP contribution in [-0.4, -0.2) is 42.2 Å². The van der Waals surface area contributed by atoms with Gasteiger partial charge in [-0.3, -0.25) is 4.79 Å². The molecule has 4 nitrogen and oxygen atoms in total. The number of halogens is 1. The van der Waals surface area contributed by atoms with Crippen LogP contribution in [0.2, 0.25) is 0 Å². The third kappa shape index (κ3) is 5.51. The average molecular weight is 344 g/mol. The van der Waals surface area contributed by atoms with E-state index in [4.69, 9.17) is 4.74 Å². The van der Waals surface area contributed by atoms with E-state index < -0.39 is 5.60 Å². The number of hydrogen-bond acceptors (Lipinski definition) is 3. The molecule has 1 N–H and O–H groups in total. The second-order valence-corrected chi connectivity index (χ2v) is 6.39. The average Bonchev–Trinajstić information content (AvgIpc) is 2.34. The van der Waals surface area contributed by atoms with Crippen LogP contribution in [0.25, 0.3) is 0 Å². The molecule has 0 bridgehead atoms. The highest BCUT2D eigenvalue weighted by atomic mass is 79.9. The summed E-state index contributed by atoms with van der Waals surface area (Å²) in [5.41, 5.74) is 0.204. The summed E-state index contributed by atoms with van der Waals surface area (Å²) in [5, 5.41) is 9.70. The number of amides is 1. The molecule has 5 heteroatoms. The molecule has 1 aromatic rings. The highest BCUT2D eigenvalue weighted by Crippen LogP contribution is 2.26. The van der Waals surface area contributed by atoms with Gasteiger partial charge >= 0.3 is 0 Å². The molecule has 1 amide bonds. The quantitative estimate of drug-likeness (QED) is 0.863. The molecule has 0 aromatic heterocycles. The van der Waals surface area contributed by atoms with Crippen molar-refractivity contribution >= 4 is 21.8 Å². The second kappa shape index (κ2) is 7.09. The van der Waals surface area contributed by atoms with Crippen LogP contribution in [0.5, 0.6) is 5.75 Å². The van der Waals surface area contributed by atoms with Crippen LogP contribution in [0.1, 0.15) is 25.8 Å². The lowest BCUT2D eigenvalue weighted by Crippen LogP contribution is -2.39. The van der Waals surface area contributed by atoms with E-state index in [0.29, 0.717) is 19.4 Å². The Morgan fingerprint density at radius 2 is 2.10 bits per heavy atom. The number of nitrogens with zero attached hydrogens (tertiary/aromatic N) is 1. The Morgan fingerprint density at radius 3 is 2.60 bits per heavy atom. The molecule has 1 rings (SSSR count). The van der Waals surface area contributed by atoms with Crippen molar-refractivity contribution in [3.05, 3.63) is 28.2 Å². The Hall–Kier alpha value is -1.07. The molecule has 0 aliphatic heterocycles. The molecule has 20 heavy (non-hydrogen) atoms. The zero-order valence-electron chi connectivity index (χ0n) is 12.4. The number of ether oxygens (including phenoxy) is 1. The minimum Gasteiger partial charge on any atom is -0.496 e. The highest BCUT2D eigenvalue weighted by Gasteiger charge is 2.19. The van der Waals surface area contributed by atoms with Gasteiger partial charge in [0, 0.05) is 20.0 Å². The van der Waals surface area contributed by atoms with E-state index in [1.54, 1.807) is 32.9 Å². The molecule has 0 saturated carbocycles. The second-order valence-electron chi connectivity index (χ2n) is 5.53. The number of rotatable bonds is 6. The number of benzene rings is 1. The van der Waals surface area contributed by atoms with Crippen molar-refractivity contribution in [2.24, 2.45) is 0 Å². The largest absolute Gasteiger partial charge is 0.496 e. The molecule has 0 radical (unpaired) electrons. The van der Waals surface area contributed by atoms with Gasteiger partial charge in [0.05, 0.1) is 17.2 Å². The van der Waals surface area contributed by atoms with Gasteiger partial charge in [-0.25, -0.2) is 0 Å². The molecule has 112 valence electrons. The zero-order chi connectivity index (χ0) is 15.3. The van der Waals surface area contributed by atoms with Crippen LogP contribution < -0.4 is 4.74 Å². The summed E-state index contributed by atoms with van der Waals surface area (Å²) in [4.78, 5) is 13.5. The van der Waals surface area contributed by atoms with Crippen LogP contribution in [-0.2, 0) is 11.2 Å². The van der Waals surface area contributed by atoms with E-state index in [1.807, 2.05) is 18.2 Å². The Morgan fingerprint density at radius 1 is 1.45 bits per heavy atom. The third-order valence-corrected chi connectivity index (χ3v) is 3.51. The van der Waals surface area contributed by atoms with E-state index in [9.17, 15) is 9.90 Å². The van der Waals surface area contributed by atoms with Crippen molar-refractivity contribution < 1.29 is 14.6 Å². The summed E-state index contributed by atoms with van der Waals surface area (Å²) in [5.74, 6) is 0.804. The molecule has 0 aliphatic carbocycles. The number of carbonyl (C=O) groups is 1. The number of aliphatic hydroxyl groups is 1. The van der Waals surface area contributed by atoms with Gasteiger partial charge in [-0.15, -0.1) is 0 Å². The van der Waals surface area contributed by atoms with E-state index in [-0.39, 0.29) is 5.91 Å². The minimum atomic E-state index is -0.868. The Balaban J connectivity index is 2.54. The van der Waals surface area contributed by atoms with Gasteiger partial charge in [-0.05, 0) is 53.9 Å². The number of methoxy groups -OCH3 is 1. The van der Waals surface area contributed by atoms with Crippen LogP contribution in [0.3, 0.4) is 0 Å². The lowest BCUT2D eigenvalue weighted by atomic mass is 10.1. The topological polar surface area (TPSA) is 49.8 Å². The number of likely N-dealkylation sites (N-methyl/N-ethyl adjacent to an activating group) is 1. The summed E-state index contributed by atoms with van der Waals surface area (Å²) in [7, 11) is 3.33. The number of aryl methyl sites for hydroxylation is 1. The molecule has 1 aromatic carbocycles. The van der Waals surface area contributed by atoms with Crippen LogP contribution in [0, 0.1) is 0 Å². The summed E-state index contributed by atoms with van der Waals surface area (Å²) in [6, 6.07) is 5.79. The smallest absolute Gasteiger partial charge is 0.222 e. The fourth-order valence-corrected chi connectivity index (χ4v) is 2.56. The van der Waals surface area contributed by atoms with Gasteiger partial charge in [0.15, 0.2) is 0 Å². The van der Waals surface area contributed by atoms with E-state index in [1.165, 1.54) is 0 Å². The summed E-state index contributed by atoms with van der Waals surface area (Å²) < 4.78 is 6.05. The first-order valence-corrected chi connectivity index (χ1v) is 7.31. The maximum atomic E-state index is 12.0. The van der Waals surface area contributed by atoms with Gasteiger partial charge in [0.2, 0.25) is 5.91 Å². The van der Waals surface area contributed by atoms with Crippen LogP contribution in [0.4, 0.5) is 0 Å². The Kier molecular flexibility index (Phi) is 6.02. The zero-order valence-corrected chi connectivity index (χ0v) is 14.0. The molecular weight excluding hydrogens is 322 g/mol. The fourth-order valence-electron chi connectivity index (χ4n) is 1.98. The minimum absolute atomic E-state index is 0.0269. The molecule has 0 atom stereocenters. The normalized spacial score (nSPS) is 11.3. The molecule has 0 heterocycles. The Labute approximate surface area is 128 Å². The first kappa shape index (κ1) is 17.0. The van der Waals surface area contributed by atoms with E-state index in [2.05, 4.69) is 15.9 Å². The van der Waals surface area contributed by atoms with Gasteiger partial charge in [0.1, 0.15) is 5.75 Å². The lowest BCUT2D eigenvalue weighted by molar-refractivity contribution is -0.132. The van der Waals surface area contributed by atoms with Gasteiger partial charge in [0.25, 0.3) is 0 Å². The van der Waals surface area contributed by atoms with Crippen LogP contribution >= 0.6 is 15.9 Å². The van der Waals surface area contributed by atoms with Crippen molar-refractivity contribution in [2.75, 3.05) is 20.7 Å². The molecule has 0 saturated heterocycles. The third-order valence-electron chi connectivity index (χ3n) is 2.89. The van der Waals surface area contributed by atoms with Crippen LogP contribution in [0.15, 0.2) is 22.7 Å². The maximum absolute atomic E-state index is 12.0. The van der Waals surface area contributed by atoms with E-state index >= 15 is 0 Å². The summed E-state index contributed by atoms with van der Waals surface area (Å²) in [6.07, 6.45) is 1.09. The van der Waals surface area contributed by atoms with Crippen molar-refractivity contribution in [1.82, 2.24) is 4.90 Å². The molecule has 0 unspecified atom stereocenters. The molecule has 0 spiro atoms. The summed E-state index contributed by atoms with van der Waals surface area (Å²) >= 11 is 3.43. The summed E-state index contributed by atoms with van der Waals surface area (Å²) in [6.45, 7) is 3.72. The predicted molar refractivity (Wildman–Crippen MR) is 82.9 cm³/mol. The van der Waals surface area contributed by atoms with Gasteiger partial charge in [-0.1, -0.05) is 6.07 Å². The van der Waals surface area contributed by atoms with Crippen molar-refractivity contribution in [2.45, 2.75) is 32.3 Å². The number of hydrogen-bond donors (Lipinski definition) is 1. The standard InChI is InChI=1S/C15H22BrNO3/c1-15(2,19)10-17(3)14(18)8-6-11-5-7-13(20-4)12(16)9-11/h5,7,9,19H,6,8,10H2,1-4H3. The van der Waals surface area contributed by atoms with Crippen molar-refractivity contribution in [1.29, 1.82) is 0 Å². The predicted octanol–water partition coefficient (Wildman–Crippen LogP) is 2.62. The number of carbonyl (C=O) groups excluding carboxylic acids is 1. The SMILES string of the molecule is COc1ccc(CCC(=O)N(C)CC(C)(C)O)cc1Br. The molecule has 0 fully saturated rings. The monoisotopic (exact) mass is 343 g/mol. The van der Waals surface area contributed by atoms with E-state index in [0.717, 1.165) is 15.8 Å². The van der Waals surface area contributed by atoms with Gasteiger partial charge < -0.3 is 14.7 Å². The first-order chi connectivity index (χ1) is 9.23. The lowest BCUT2D eigenvalue weighted by Gasteiger charge is -2.25. The molecular formula is C15H22BrNO3. The first-order valence-electron chi connectivity index (χ1n) is 6.51. The molecule has 0 aliphatic rings. The maximum Gasteiger partial charge on any atom is 0.222 e. The Bertz CT molecular complexity index is 469. The van der Waals surface area contributed by atoms with Crippen molar-refractivity contribution in [3.8, 4) is 5.75 Å².